The van der Waals surface area contributed by atoms with Gasteiger partial charge in [0.05, 0.1) is 24.5 Å². The Hall–Kier alpha value is -1.59. The number of hydrogen-bond donors (Lipinski definition) is 1. The van der Waals surface area contributed by atoms with Gasteiger partial charge in [0.15, 0.2) is 0 Å². The van der Waals surface area contributed by atoms with E-state index in [2.05, 4.69) is 0 Å². The lowest BCUT2D eigenvalue weighted by Gasteiger charge is -2.39. The molecule has 1 atom stereocenters. The molecule has 1 heterocycles. The van der Waals surface area contributed by atoms with Crippen molar-refractivity contribution < 1.29 is 19.4 Å². The van der Waals surface area contributed by atoms with Gasteiger partial charge in [0.25, 0.3) is 0 Å². The highest BCUT2D eigenvalue weighted by Crippen LogP contribution is 2.43. The number of carboxylic acids is 1. The van der Waals surface area contributed by atoms with E-state index in [4.69, 9.17) is 21.4 Å². The summed E-state index contributed by atoms with van der Waals surface area (Å²) in [5.41, 5.74) is 0.689. The molecule has 1 aliphatic carbocycles. The molecule has 136 valence electrons. The molecule has 6 heteroatoms. The minimum absolute atomic E-state index is 0.0644. The van der Waals surface area contributed by atoms with Gasteiger partial charge < -0.3 is 14.7 Å². The lowest BCUT2D eigenvalue weighted by atomic mass is 9.78. The molecule has 0 spiro atoms. The first kappa shape index (κ1) is 18.2. The number of nitrogens with zero attached hydrogens (tertiary/aromatic N) is 1. The molecule has 1 saturated heterocycles. The quantitative estimate of drug-likeness (QED) is 0.870. The summed E-state index contributed by atoms with van der Waals surface area (Å²) in [6.07, 6.45) is 4.06. The Balaban J connectivity index is 1.75. The van der Waals surface area contributed by atoms with Crippen LogP contribution in [-0.4, -0.2) is 47.7 Å². The molecule has 1 aliphatic heterocycles. The Kier molecular flexibility index (Phi) is 5.64. The highest BCUT2D eigenvalue weighted by atomic mass is 35.5. The van der Waals surface area contributed by atoms with Crippen molar-refractivity contribution in [1.82, 2.24) is 4.90 Å². The zero-order valence-electron chi connectivity index (χ0n) is 14.2. The topological polar surface area (TPSA) is 66.8 Å². The molecule has 1 unspecified atom stereocenters. The van der Waals surface area contributed by atoms with Crippen molar-refractivity contribution in [3.05, 3.63) is 34.9 Å². The summed E-state index contributed by atoms with van der Waals surface area (Å²) < 4.78 is 5.51. The number of carboxylic acid groups (broad SMARTS) is 1. The molecule has 0 radical (unpaired) electrons. The zero-order valence-corrected chi connectivity index (χ0v) is 15.0. The van der Waals surface area contributed by atoms with Gasteiger partial charge in [-0.2, -0.15) is 0 Å². The van der Waals surface area contributed by atoms with E-state index in [9.17, 15) is 9.59 Å². The van der Waals surface area contributed by atoms with E-state index < -0.39 is 17.5 Å². The van der Waals surface area contributed by atoms with Crippen LogP contribution in [0, 0.1) is 5.41 Å². The van der Waals surface area contributed by atoms with Crippen LogP contribution < -0.4 is 0 Å². The van der Waals surface area contributed by atoms with Crippen molar-refractivity contribution in [3.8, 4) is 0 Å². The van der Waals surface area contributed by atoms with E-state index in [-0.39, 0.29) is 12.3 Å². The number of halogens is 1. The summed E-state index contributed by atoms with van der Waals surface area (Å²) in [5.74, 6) is -0.752. The normalized spacial score (nSPS) is 22.8. The van der Waals surface area contributed by atoms with Crippen molar-refractivity contribution >= 4 is 23.5 Å². The zero-order chi connectivity index (χ0) is 17.9. The van der Waals surface area contributed by atoms with Crippen LogP contribution >= 0.6 is 11.6 Å². The van der Waals surface area contributed by atoms with Gasteiger partial charge in [0.2, 0.25) is 5.91 Å². The average molecular weight is 366 g/mol. The van der Waals surface area contributed by atoms with Crippen LogP contribution in [0.15, 0.2) is 24.3 Å². The molecule has 1 amide bonds. The highest BCUT2D eigenvalue weighted by molar-refractivity contribution is 6.30. The Morgan fingerprint density at radius 2 is 2.08 bits per heavy atom. The number of rotatable bonds is 5. The minimum Gasteiger partial charge on any atom is -0.481 e. The first-order valence-corrected chi connectivity index (χ1v) is 9.23. The molecular weight excluding hydrogens is 342 g/mol. The molecule has 2 fully saturated rings. The van der Waals surface area contributed by atoms with Gasteiger partial charge in [0.1, 0.15) is 0 Å². The van der Waals surface area contributed by atoms with Crippen LogP contribution in [0.25, 0.3) is 0 Å². The predicted octanol–water partition coefficient (Wildman–Crippen LogP) is 3.15. The molecular formula is C19H24ClNO4. The molecule has 5 nitrogen and oxygen atoms in total. The molecule has 0 aromatic heterocycles. The third kappa shape index (κ3) is 4.33. The number of ether oxygens (including phenoxy) is 1. The highest BCUT2D eigenvalue weighted by Gasteiger charge is 2.44. The fraction of sp³-hybridized carbons (Fsp3) is 0.579. The summed E-state index contributed by atoms with van der Waals surface area (Å²) >= 11 is 6.10. The average Bonchev–Trinajstić information content (AvgIpc) is 3.03. The fourth-order valence-electron chi connectivity index (χ4n) is 4.11. The molecule has 25 heavy (non-hydrogen) atoms. The monoisotopic (exact) mass is 365 g/mol. The lowest BCUT2D eigenvalue weighted by molar-refractivity contribution is -0.154. The number of amides is 1. The van der Waals surface area contributed by atoms with Crippen LogP contribution in [0.3, 0.4) is 0 Å². The van der Waals surface area contributed by atoms with Crippen LogP contribution in [0.1, 0.15) is 37.7 Å². The van der Waals surface area contributed by atoms with Gasteiger partial charge in [-0.1, -0.05) is 36.6 Å². The standard InChI is InChI=1S/C19H24ClNO4/c20-15-5-3-4-14(10-15)12-19(6-1-2-7-19)18(24)21-8-9-25-16(13-21)11-17(22)23/h3-5,10,16H,1-2,6-9,11-13H2,(H,22,23). The molecule has 0 bridgehead atoms. The molecule has 1 N–H and O–H groups in total. The van der Waals surface area contributed by atoms with E-state index in [0.717, 1.165) is 31.2 Å². The first-order valence-electron chi connectivity index (χ1n) is 8.86. The number of morpholine rings is 1. The number of benzene rings is 1. The second kappa shape index (κ2) is 7.75. The number of aliphatic carboxylic acids is 1. The van der Waals surface area contributed by atoms with Gasteiger partial charge in [0, 0.05) is 18.1 Å². The minimum atomic E-state index is -0.895. The van der Waals surface area contributed by atoms with E-state index in [1.54, 1.807) is 0 Å². The second-order valence-corrected chi connectivity index (χ2v) is 7.57. The molecule has 2 aliphatic rings. The smallest absolute Gasteiger partial charge is 0.306 e. The Morgan fingerprint density at radius 1 is 1.32 bits per heavy atom. The maximum Gasteiger partial charge on any atom is 0.306 e. The molecule has 3 rings (SSSR count). The van der Waals surface area contributed by atoms with E-state index in [1.807, 2.05) is 29.2 Å². The van der Waals surface area contributed by atoms with E-state index in [1.165, 1.54) is 0 Å². The van der Waals surface area contributed by atoms with Crippen molar-refractivity contribution in [2.24, 2.45) is 5.41 Å². The number of carbonyl (C=O) groups excluding carboxylic acids is 1. The van der Waals surface area contributed by atoms with Crippen LogP contribution in [0.4, 0.5) is 0 Å². The van der Waals surface area contributed by atoms with E-state index in [0.29, 0.717) is 31.1 Å². The third-order valence-corrected chi connectivity index (χ3v) is 5.51. The summed E-state index contributed by atoms with van der Waals surface area (Å²) in [7, 11) is 0. The van der Waals surface area contributed by atoms with Crippen LogP contribution in [0.2, 0.25) is 5.02 Å². The summed E-state index contributed by atoms with van der Waals surface area (Å²) in [6, 6.07) is 7.71. The SMILES string of the molecule is O=C(O)CC1CN(C(=O)C2(Cc3cccc(Cl)c3)CCCC2)CCO1. The van der Waals surface area contributed by atoms with Crippen molar-refractivity contribution in [3.63, 3.8) is 0 Å². The van der Waals surface area contributed by atoms with E-state index >= 15 is 0 Å². The van der Waals surface area contributed by atoms with Gasteiger partial charge in [-0.25, -0.2) is 0 Å². The largest absolute Gasteiger partial charge is 0.481 e. The first-order chi connectivity index (χ1) is 12.0. The lowest BCUT2D eigenvalue weighted by Crippen LogP contribution is -2.51. The second-order valence-electron chi connectivity index (χ2n) is 7.14. The summed E-state index contributed by atoms with van der Waals surface area (Å²) in [6.45, 7) is 1.30. The third-order valence-electron chi connectivity index (χ3n) is 5.27. The van der Waals surface area contributed by atoms with Crippen LogP contribution in [0.5, 0.6) is 0 Å². The molecule has 1 saturated carbocycles. The summed E-state index contributed by atoms with van der Waals surface area (Å²) in [5, 5.41) is 9.66. The van der Waals surface area contributed by atoms with Crippen molar-refractivity contribution in [1.29, 1.82) is 0 Å². The number of hydrogen-bond acceptors (Lipinski definition) is 3. The van der Waals surface area contributed by atoms with Crippen LogP contribution in [-0.2, 0) is 20.7 Å². The molecule has 1 aromatic rings. The van der Waals surface area contributed by atoms with Gasteiger partial charge >= 0.3 is 5.97 Å². The molecule has 1 aromatic carbocycles. The Labute approximate surface area is 152 Å². The predicted molar refractivity (Wildman–Crippen MR) is 94.6 cm³/mol. The van der Waals surface area contributed by atoms with Crippen molar-refractivity contribution in [2.75, 3.05) is 19.7 Å². The maximum absolute atomic E-state index is 13.3. The number of carbonyl (C=O) groups is 2. The van der Waals surface area contributed by atoms with Gasteiger partial charge in [-0.3, -0.25) is 9.59 Å². The fourth-order valence-corrected chi connectivity index (χ4v) is 4.33. The summed E-state index contributed by atoms with van der Waals surface area (Å²) in [4.78, 5) is 26.1. The van der Waals surface area contributed by atoms with Gasteiger partial charge in [-0.15, -0.1) is 0 Å². The maximum atomic E-state index is 13.3. The van der Waals surface area contributed by atoms with Gasteiger partial charge in [-0.05, 0) is 37.0 Å². The van der Waals surface area contributed by atoms with Crippen molar-refractivity contribution in [2.45, 2.75) is 44.6 Å². The Bertz CT molecular complexity index is 642. The Morgan fingerprint density at radius 3 is 2.76 bits per heavy atom.